The second kappa shape index (κ2) is 6.74. The van der Waals surface area contributed by atoms with Crippen molar-refractivity contribution in [3.63, 3.8) is 0 Å². The van der Waals surface area contributed by atoms with Crippen LogP contribution in [0.1, 0.15) is 10.5 Å². The Kier molecular flexibility index (Phi) is 4.33. The van der Waals surface area contributed by atoms with Crippen LogP contribution in [0.3, 0.4) is 0 Å². The highest BCUT2D eigenvalue weighted by Gasteiger charge is 2.11. The maximum atomic E-state index is 12.0. The van der Waals surface area contributed by atoms with Crippen LogP contribution < -0.4 is 15.0 Å². The minimum absolute atomic E-state index is 0.0471. The monoisotopic (exact) mass is 323 g/mol. The first-order valence-electron chi connectivity index (χ1n) is 7.07. The van der Waals surface area contributed by atoms with Gasteiger partial charge in [0.1, 0.15) is 11.5 Å². The first-order chi connectivity index (χ1) is 11.6. The smallest absolute Gasteiger partial charge is 0.364 e. The zero-order valence-electron chi connectivity index (χ0n) is 12.7. The summed E-state index contributed by atoms with van der Waals surface area (Å²) in [6.45, 7) is 0. The zero-order chi connectivity index (χ0) is 16.9. The van der Waals surface area contributed by atoms with Crippen LogP contribution in [-0.2, 0) is 7.05 Å². The van der Waals surface area contributed by atoms with E-state index in [-0.39, 0.29) is 11.3 Å². The number of esters is 1. The Morgan fingerprint density at radius 2 is 1.75 bits per heavy atom. The van der Waals surface area contributed by atoms with Gasteiger partial charge >= 0.3 is 5.97 Å². The Hall–Kier alpha value is -3.48. The fourth-order valence-electron chi connectivity index (χ4n) is 1.87. The van der Waals surface area contributed by atoms with Gasteiger partial charge in [-0.2, -0.15) is 5.10 Å². The number of carbonyl (C=O) groups is 1. The minimum atomic E-state index is -0.649. The lowest BCUT2D eigenvalue weighted by Crippen LogP contribution is -2.22. The third-order valence-electron chi connectivity index (χ3n) is 3.06. The molecule has 1 aromatic carbocycles. The molecule has 7 nitrogen and oxygen atoms in total. The van der Waals surface area contributed by atoms with Crippen LogP contribution in [0.15, 0.2) is 65.6 Å². The molecule has 3 aromatic rings. The molecule has 0 atom stereocenters. The van der Waals surface area contributed by atoms with Crippen LogP contribution in [0.25, 0.3) is 0 Å². The van der Waals surface area contributed by atoms with Gasteiger partial charge in [0.2, 0.25) is 5.88 Å². The molecule has 3 rings (SSSR count). The number of aromatic nitrogens is 3. The van der Waals surface area contributed by atoms with Crippen molar-refractivity contribution < 1.29 is 14.3 Å². The highest BCUT2D eigenvalue weighted by Crippen LogP contribution is 2.22. The van der Waals surface area contributed by atoms with Crippen LogP contribution in [0.2, 0.25) is 0 Å². The first-order valence-corrected chi connectivity index (χ1v) is 7.07. The highest BCUT2D eigenvalue weighted by atomic mass is 16.5. The molecule has 0 bridgehead atoms. The molecule has 0 unspecified atom stereocenters. The molecule has 24 heavy (non-hydrogen) atoms. The number of hydrogen-bond donors (Lipinski definition) is 0. The average Bonchev–Trinajstić information content (AvgIpc) is 2.60. The third-order valence-corrected chi connectivity index (χ3v) is 3.06. The molecule has 0 spiro atoms. The third kappa shape index (κ3) is 3.64. The topological polar surface area (TPSA) is 83.3 Å². The van der Waals surface area contributed by atoms with Gasteiger partial charge in [-0.25, -0.2) is 14.5 Å². The van der Waals surface area contributed by atoms with Crippen molar-refractivity contribution in [2.24, 2.45) is 7.05 Å². The quantitative estimate of drug-likeness (QED) is 0.540. The number of pyridine rings is 1. The summed E-state index contributed by atoms with van der Waals surface area (Å²) >= 11 is 0. The summed E-state index contributed by atoms with van der Waals surface area (Å²) in [6.07, 6.45) is 1.63. The van der Waals surface area contributed by atoms with E-state index in [4.69, 9.17) is 9.47 Å². The lowest BCUT2D eigenvalue weighted by atomic mass is 10.3. The molecule has 0 aliphatic heterocycles. The van der Waals surface area contributed by atoms with Gasteiger partial charge in [0, 0.05) is 25.4 Å². The number of aryl methyl sites for hydroxylation is 1. The highest BCUT2D eigenvalue weighted by molar-refractivity contribution is 5.88. The Bertz CT molecular complexity index is 905. The van der Waals surface area contributed by atoms with E-state index in [9.17, 15) is 9.59 Å². The van der Waals surface area contributed by atoms with E-state index in [0.717, 1.165) is 4.68 Å². The van der Waals surface area contributed by atoms with E-state index >= 15 is 0 Å². The van der Waals surface area contributed by atoms with Gasteiger partial charge in [0.25, 0.3) is 5.56 Å². The number of benzene rings is 1. The Labute approximate surface area is 137 Å². The predicted octanol–water partition coefficient (Wildman–Crippen LogP) is 2.19. The lowest BCUT2D eigenvalue weighted by molar-refractivity contribution is 0.0725. The molecule has 0 aliphatic rings. The summed E-state index contributed by atoms with van der Waals surface area (Å²) in [5.74, 6) is 0.721. The summed E-state index contributed by atoms with van der Waals surface area (Å²) in [5.41, 5.74) is -0.256. The largest absolute Gasteiger partial charge is 0.439 e. The molecular weight excluding hydrogens is 310 g/mol. The fourth-order valence-corrected chi connectivity index (χ4v) is 1.87. The number of nitrogens with zero attached hydrogens (tertiary/aromatic N) is 3. The van der Waals surface area contributed by atoms with Gasteiger partial charge in [0.15, 0.2) is 5.69 Å². The molecule has 2 heterocycles. The second-order valence-corrected chi connectivity index (χ2v) is 4.81. The van der Waals surface area contributed by atoms with E-state index in [1.807, 2.05) is 6.07 Å². The standard InChI is InChI=1S/C17H13N3O4/c1-20-16(21)10-9-14(19-20)17(22)24-13-7-5-12(6-8-13)23-15-4-2-3-11-18-15/h2-11H,1H3. The summed E-state index contributed by atoms with van der Waals surface area (Å²) in [5, 5.41) is 3.84. The molecule has 0 radical (unpaired) electrons. The molecular formula is C17H13N3O4. The minimum Gasteiger partial charge on any atom is -0.439 e. The Morgan fingerprint density at radius 3 is 2.42 bits per heavy atom. The average molecular weight is 323 g/mol. The summed E-state index contributed by atoms with van der Waals surface area (Å²) in [4.78, 5) is 27.3. The molecule has 0 amide bonds. The SMILES string of the molecule is Cn1nc(C(=O)Oc2ccc(Oc3ccccn3)cc2)ccc1=O. The number of ether oxygens (including phenoxy) is 2. The van der Waals surface area contributed by atoms with E-state index < -0.39 is 5.97 Å². The maximum Gasteiger partial charge on any atom is 0.364 e. The van der Waals surface area contributed by atoms with Gasteiger partial charge in [-0.05, 0) is 36.4 Å². The molecule has 0 fully saturated rings. The number of hydrogen-bond acceptors (Lipinski definition) is 6. The molecule has 0 saturated heterocycles. The van der Waals surface area contributed by atoms with Crippen molar-refractivity contribution in [3.8, 4) is 17.4 Å². The normalized spacial score (nSPS) is 10.2. The van der Waals surface area contributed by atoms with Crippen LogP contribution in [0.4, 0.5) is 0 Å². The van der Waals surface area contributed by atoms with E-state index in [1.54, 1.807) is 42.6 Å². The maximum absolute atomic E-state index is 12.0. The molecule has 120 valence electrons. The van der Waals surface area contributed by atoms with Crippen molar-refractivity contribution in [2.45, 2.75) is 0 Å². The molecule has 7 heteroatoms. The van der Waals surface area contributed by atoms with Crippen molar-refractivity contribution >= 4 is 5.97 Å². The molecule has 2 aromatic heterocycles. The summed E-state index contributed by atoms with van der Waals surface area (Å²) in [6, 6.07) is 14.4. The van der Waals surface area contributed by atoms with Crippen molar-refractivity contribution in [1.82, 2.24) is 14.8 Å². The Balaban J connectivity index is 1.68. The van der Waals surface area contributed by atoms with E-state index in [2.05, 4.69) is 10.1 Å². The molecule has 0 N–H and O–H groups in total. The van der Waals surface area contributed by atoms with Crippen molar-refractivity contribution in [3.05, 3.63) is 76.8 Å². The second-order valence-electron chi connectivity index (χ2n) is 4.81. The fraction of sp³-hybridized carbons (Fsp3) is 0.0588. The first kappa shape index (κ1) is 15.4. The van der Waals surface area contributed by atoms with Crippen LogP contribution in [-0.4, -0.2) is 20.7 Å². The van der Waals surface area contributed by atoms with Crippen LogP contribution >= 0.6 is 0 Å². The van der Waals surface area contributed by atoms with Crippen LogP contribution in [0, 0.1) is 0 Å². The predicted molar refractivity (Wildman–Crippen MR) is 85.2 cm³/mol. The van der Waals surface area contributed by atoms with E-state index in [1.165, 1.54) is 19.2 Å². The van der Waals surface area contributed by atoms with Crippen molar-refractivity contribution in [1.29, 1.82) is 0 Å². The number of rotatable bonds is 4. The Morgan fingerprint density at radius 1 is 1.00 bits per heavy atom. The van der Waals surface area contributed by atoms with Crippen molar-refractivity contribution in [2.75, 3.05) is 0 Å². The summed E-state index contributed by atoms with van der Waals surface area (Å²) in [7, 11) is 1.46. The summed E-state index contributed by atoms with van der Waals surface area (Å²) < 4.78 is 11.8. The number of carbonyl (C=O) groups excluding carboxylic acids is 1. The van der Waals surface area contributed by atoms with Gasteiger partial charge in [-0.3, -0.25) is 4.79 Å². The van der Waals surface area contributed by atoms with E-state index in [0.29, 0.717) is 17.4 Å². The van der Waals surface area contributed by atoms with Gasteiger partial charge in [-0.15, -0.1) is 0 Å². The van der Waals surface area contributed by atoms with Gasteiger partial charge in [-0.1, -0.05) is 6.07 Å². The lowest BCUT2D eigenvalue weighted by Gasteiger charge is -2.07. The van der Waals surface area contributed by atoms with Gasteiger partial charge < -0.3 is 9.47 Å². The van der Waals surface area contributed by atoms with Gasteiger partial charge in [0.05, 0.1) is 0 Å². The molecule has 0 aliphatic carbocycles. The molecule has 0 saturated carbocycles. The zero-order valence-corrected chi connectivity index (χ0v) is 12.7. The van der Waals surface area contributed by atoms with Crippen LogP contribution in [0.5, 0.6) is 17.4 Å².